The molecular formula is C18H24N2O3. The lowest BCUT2D eigenvalue weighted by atomic mass is 9.97. The topological polar surface area (TPSA) is 78.4 Å². The molecule has 1 aromatic rings. The number of nitrogens with one attached hydrogen (secondary N) is 2. The molecule has 0 heterocycles. The van der Waals surface area contributed by atoms with Crippen LogP contribution in [0.1, 0.15) is 60.9 Å². The summed E-state index contributed by atoms with van der Waals surface area (Å²) in [4.78, 5) is 24.3. The summed E-state index contributed by atoms with van der Waals surface area (Å²) in [5, 5.41) is 16.1. The lowest BCUT2D eigenvalue weighted by Crippen LogP contribution is -2.31. The zero-order valence-electron chi connectivity index (χ0n) is 13.5. The summed E-state index contributed by atoms with van der Waals surface area (Å²) in [7, 11) is 0. The smallest absolute Gasteiger partial charge is 0.251 e. The Kier molecular flexibility index (Phi) is 4.39. The van der Waals surface area contributed by atoms with E-state index in [0.29, 0.717) is 30.1 Å². The van der Waals surface area contributed by atoms with Crippen molar-refractivity contribution < 1.29 is 14.7 Å². The van der Waals surface area contributed by atoms with E-state index in [1.807, 2.05) is 13.0 Å². The highest BCUT2D eigenvalue weighted by atomic mass is 16.3. The average molecular weight is 316 g/mol. The maximum Gasteiger partial charge on any atom is 0.251 e. The van der Waals surface area contributed by atoms with Gasteiger partial charge in [0, 0.05) is 17.3 Å². The van der Waals surface area contributed by atoms with Crippen LogP contribution in [-0.4, -0.2) is 28.6 Å². The van der Waals surface area contributed by atoms with E-state index < -0.39 is 5.60 Å². The largest absolute Gasteiger partial charge is 0.389 e. The van der Waals surface area contributed by atoms with Gasteiger partial charge in [-0.15, -0.1) is 0 Å². The van der Waals surface area contributed by atoms with Crippen molar-refractivity contribution in [3.8, 4) is 0 Å². The minimum atomic E-state index is -0.862. The first-order valence-corrected chi connectivity index (χ1v) is 8.39. The third kappa shape index (κ3) is 4.10. The Bertz CT molecular complexity index is 617. The molecule has 124 valence electrons. The normalized spacial score (nSPS) is 19.4. The van der Waals surface area contributed by atoms with Crippen LogP contribution in [0, 0.1) is 6.92 Å². The SMILES string of the molecule is Cc1ccc(C(=O)NC2CC2)cc1NC(=O)CC1(O)CCCC1. The van der Waals surface area contributed by atoms with Crippen LogP contribution in [0.5, 0.6) is 0 Å². The molecule has 2 aliphatic rings. The van der Waals surface area contributed by atoms with E-state index in [0.717, 1.165) is 31.2 Å². The number of rotatable bonds is 5. The predicted molar refractivity (Wildman–Crippen MR) is 88.3 cm³/mol. The molecule has 1 aromatic carbocycles. The number of amides is 2. The summed E-state index contributed by atoms with van der Waals surface area (Å²) in [6, 6.07) is 5.62. The quantitative estimate of drug-likeness (QED) is 0.781. The van der Waals surface area contributed by atoms with Gasteiger partial charge in [-0.1, -0.05) is 18.9 Å². The standard InChI is InChI=1S/C18H24N2O3/c1-12-4-5-13(17(22)19-14-6-7-14)10-15(12)20-16(21)11-18(23)8-2-3-9-18/h4-5,10,14,23H,2-3,6-9,11H2,1H3,(H,19,22)(H,20,21). The van der Waals surface area contributed by atoms with Gasteiger partial charge < -0.3 is 15.7 Å². The Morgan fingerprint density at radius 2 is 1.96 bits per heavy atom. The van der Waals surface area contributed by atoms with E-state index in [1.54, 1.807) is 12.1 Å². The zero-order chi connectivity index (χ0) is 16.4. The second-order valence-electron chi connectivity index (χ2n) is 6.93. The molecule has 0 unspecified atom stereocenters. The van der Waals surface area contributed by atoms with Gasteiger partial charge in [0.15, 0.2) is 0 Å². The summed E-state index contributed by atoms with van der Waals surface area (Å²) < 4.78 is 0. The Morgan fingerprint density at radius 3 is 2.61 bits per heavy atom. The minimum Gasteiger partial charge on any atom is -0.389 e. The van der Waals surface area contributed by atoms with Gasteiger partial charge >= 0.3 is 0 Å². The number of carbonyl (C=O) groups excluding carboxylic acids is 2. The molecule has 2 amide bonds. The van der Waals surface area contributed by atoms with E-state index in [4.69, 9.17) is 0 Å². The third-order valence-corrected chi connectivity index (χ3v) is 4.71. The van der Waals surface area contributed by atoms with E-state index in [9.17, 15) is 14.7 Å². The van der Waals surface area contributed by atoms with Crippen molar-refractivity contribution in [3.05, 3.63) is 29.3 Å². The van der Waals surface area contributed by atoms with Crippen LogP contribution in [0.25, 0.3) is 0 Å². The first kappa shape index (κ1) is 16.0. The molecule has 2 fully saturated rings. The summed E-state index contributed by atoms with van der Waals surface area (Å²) in [5.41, 5.74) is 1.23. The van der Waals surface area contributed by atoms with Crippen LogP contribution in [-0.2, 0) is 4.79 Å². The molecule has 0 radical (unpaired) electrons. The highest BCUT2D eigenvalue weighted by Crippen LogP contribution is 2.32. The maximum atomic E-state index is 12.2. The molecule has 2 aliphatic carbocycles. The van der Waals surface area contributed by atoms with Crippen molar-refractivity contribution in [3.63, 3.8) is 0 Å². The lowest BCUT2D eigenvalue weighted by Gasteiger charge is -2.21. The van der Waals surface area contributed by atoms with E-state index in [-0.39, 0.29) is 18.2 Å². The summed E-state index contributed by atoms with van der Waals surface area (Å²) >= 11 is 0. The fourth-order valence-corrected chi connectivity index (χ4v) is 3.10. The molecule has 23 heavy (non-hydrogen) atoms. The van der Waals surface area contributed by atoms with Crippen LogP contribution in [0.15, 0.2) is 18.2 Å². The van der Waals surface area contributed by atoms with Gasteiger partial charge in [0.2, 0.25) is 5.91 Å². The zero-order valence-corrected chi connectivity index (χ0v) is 13.5. The predicted octanol–water partition coefficient (Wildman–Crippen LogP) is 2.52. The Labute approximate surface area is 136 Å². The van der Waals surface area contributed by atoms with Gasteiger partial charge in [-0.2, -0.15) is 0 Å². The molecule has 0 aromatic heterocycles. The summed E-state index contributed by atoms with van der Waals surface area (Å²) in [6.45, 7) is 1.89. The molecule has 0 aliphatic heterocycles. The van der Waals surface area contributed by atoms with Gasteiger partial charge in [0.05, 0.1) is 12.0 Å². The van der Waals surface area contributed by atoms with Crippen molar-refractivity contribution in [1.82, 2.24) is 5.32 Å². The number of hydrogen-bond donors (Lipinski definition) is 3. The third-order valence-electron chi connectivity index (χ3n) is 4.71. The number of hydrogen-bond acceptors (Lipinski definition) is 3. The second-order valence-corrected chi connectivity index (χ2v) is 6.93. The Balaban J connectivity index is 1.66. The van der Waals surface area contributed by atoms with Crippen molar-refractivity contribution in [1.29, 1.82) is 0 Å². The van der Waals surface area contributed by atoms with Crippen molar-refractivity contribution >= 4 is 17.5 Å². The molecule has 3 rings (SSSR count). The van der Waals surface area contributed by atoms with Crippen LogP contribution in [0.2, 0.25) is 0 Å². The fraction of sp³-hybridized carbons (Fsp3) is 0.556. The van der Waals surface area contributed by atoms with Gasteiger partial charge in [0.25, 0.3) is 5.91 Å². The van der Waals surface area contributed by atoms with Gasteiger partial charge in [-0.25, -0.2) is 0 Å². The summed E-state index contributed by atoms with van der Waals surface area (Å²) in [5.74, 6) is -0.297. The van der Waals surface area contributed by atoms with Crippen molar-refractivity contribution in [2.45, 2.75) is 63.5 Å². The van der Waals surface area contributed by atoms with Crippen molar-refractivity contribution in [2.75, 3.05) is 5.32 Å². The molecule has 2 saturated carbocycles. The highest BCUT2D eigenvalue weighted by Gasteiger charge is 2.33. The fourth-order valence-electron chi connectivity index (χ4n) is 3.10. The Morgan fingerprint density at radius 1 is 1.26 bits per heavy atom. The summed E-state index contributed by atoms with van der Waals surface area (Å²) in [6.07, 6.45) is 5.51. The van der Waals surface area contributed by atoms with Gasteiger partial charge in [-0.05, 0) is 50.3 Å². The second kappa shape index (κ2) is 6.32. The average Bonchev–Trinajstić information content (AvgIpc) is 3.20. The number of aryl methyl sites for hydroxylation is 1. The Hall–Kier alpha value is -1.88. The number of benzene rings is 1. The monoisotopic (exact) mass is 316 g/mol. The number of aliphatic hydroxyl groups is 1. The maximum absolute atomic E-state index is 12.2. The van der Waals surface area contributed by atoms with E-state index in [2.05, 4.69) is 10.6 Å². The minimum absolute atomic E-state index is 0.0996. The van der Waals surface area contributed by atoms with Crippen LogP contribution >= 0.6 is 0 Å². The molecular weight excluding hydrogens is 292 g/mol. The van der Waals surface area contributed by atoms with E-state index in [1.165, 1.54) is 0 Å². The van der Waals surface area contributed by atoms with Crippen molar-refractivity contribution in [2.24, 2.45) is 0 Å². The van der Waals surface area contributed by atoms with Crippen LogP contribution < -0.4 is 10.6 Å². The molecule has 0 bridgehead atoms. The first-order chi connectivity index (χ1) is 11.0. The molecule has 5 nitrogen and oxygen atoms in total. The van der Waals surface area contributed by atoms with Crippen LogP contribution in [0.4, 0.5) is 5.69 Å². The molecule has 0 atom stereocenters. The first-order valence-electron chi connectivity index (χ1n) is 8.39. The van der Waals surface area contributed by atoms with Gasteiger partial charge in [0.1, 0.15) is 0 Å². The number of carbonyl (C=O) groups is 2. The number of anilines is 1. The molecule has 5 heteroatoms. The van der Waals surface area contributed by atoms with E-state index >= 15 is 0 Å². The highest BCUT2D eigenvalue weighted by molar-refractivity contribution is 5.98. The van der Waals surface area contributed by atoms with Gasteiger partial charge in [-0.3, -0.25) is 9.59 Å². The molecule has 0 spiro atoms. The molecule has 0 saturated heterocycles. The molecule has 3 N–H and O–H groups in total. The van der Waals surface area contributed by atoms with Crippen LogP contribution in [0.3, 0.4) is 0 Å². The lowest BCUT2D eigenvalue weighted by molar-refractivity contribution is -0.120.